The van der Waals surface area contributed by atoms with Crippen molar-refractivity contribution in [1.29, 1.82) is 0 Å². The predicted octanol–water partition coefficient (Wildman–Crippen LogP) is 4.30. The fraction of sp³-hybridized carbons (Fsp3) is 0.0769. The number of anilines is 2. The van der Waals surface area contributed by atoms with E-state index in [1.165, 1.54) is 22.8 Å². The summed E-state index contributed by atoms with van der Waals surface area (Å²) in [6.07, 6.45) is 3.27. The lowest BCUT2D eigenvalue weighted by Crippen LogP contribution is -2.31. The quantitative estimate of drug-likeness (QED) is 0.398. The molecule has 0 saturated carbocycles. The highest BCUT2D eigenvalue weighted by Gasteiger charge is 2.26. The van der Waals surface area contributed by atoms with Crippen molar-refractivity contribution in [3.05, 3.63) is 96.6 Å². The van der Waals surface area contributed by atoms with Gasteiger partial charge in [0.2, 0.25) is 11.8 Å². The monoisotopic (exact) mass is 470 g/mol. The smallest absolute Gasteiger partial charge is 0.255 e. The molecule has 7 nitrogen and oxygen atoms in total. The molecule has 0 aromatic heterocycles. The van der Waals surface area contributed by atoms with Crippen molar-refractivity contribution >= 4 is 52.8 Å². The van der Waals surface area contributed by atoms with E-state index in [0.717, 1.165) is 10.5 Å². The molecule has 0 atom stereocenters. The van der Waals surface area contributed by atoms with E-state index in [1.807, 2.05) is 60.7 Å². The highest BCUT2D eigenvalue weighted by molar-refractivity contribution is 8.00. The van der Waals surface area contributed by atoms with Crippen LogP contribution in [0.2, 0.25) is 0 Å². The van der Waals surface area contributed by atoms with Gasteiger partial charge in [0.05, 0.1) is 17.9 Å². The van der Waals surface area contributed by atoms with Crippen LogP contribution in [0.15, 0.2) is 101 Å². The molecule has 1 heterocycles. The topological polar surface area (TPSA) is 90.9 Å². The molecule has 1 aliphatic rings. The number of thioether (sulfide) groups is 1. The fourth-order valence-corrected chi connectivity index (χ4v) is 3.95. The van der Waals surface area contributed by atoms with E-state index in [4.69, 9.17) is 0 Å². The lowest BCUT2D eigenvalue weighted by atomic mass is 10.2. The van der Waals surface area contributed by atoms with Gasteiger partial charge in [-0.1, -0.05) is 54.6 Å². The van der Waals surface area contributed by atoms with Crippen LogP contribution in [0, 0.1) is 0 Å². The Balaban J connectivity index is 1.28. The van der Waals surface area contributed by atoms with Crippen LogP contribution in [0.25, 0.3) is 6.08 Å². The van der Waals surface area contributed by atoms with E-state index >= 15 is 0 Å². The van der Waals surface area contributed by atoms with Crippen LogP contribution in [0.4, 0.5) is 11.4 Å². The summed E-state index contributed by atoms with van der Waals surface area (Å²) in [5, 5.41) is 11.0. The number of amidine groups is 1. The first-order valence-electron chi connectivity index (χ1n) is 10.6. The first kappa shape index (κ1) is 23.0. The summed E-state index contributed by atoms with van der Waals surface area (Å²) in [6.45, 7) is 0. The van der Waals surface area contributed by atoms with Crippen LogP contribution in [-0.4, -0.2) is 29.3 Å². The molecule has 170 valence electrons. The van der Waals surface area contributed by atoms with Gasteiger partial charge in [-0.15, -0.1) is 11.8 Å². The van der Waals surface area contributed by atoms with Crippen molar-refractivity contribution in [3.8, 4) is 0 Å². The molecule has 4 rings (SSSR count). The number of hydrogen-bond donors (Lipinski definition) is 2. The van der Waals surface area contributed by atoms with Crippen LogP contribution in [0.1, 0.15) is 12.0 Å². The first-order chi connectivity index (χ1) is 16.6. The Labute approximate surface area is 201 Å². The first-order valence-corrected chi connectivity index (χ1v) is 11.6. The minimum absolute atomic E-state index is 0.0450. The molecule has 8 heteroatoms. The van der Waals surface area contributed by atoms with Crippen LogP contribution in [-0.2, 0) is 14.4 Å². The maximum Gasteiger partial charge on any atom is 0.255 e. The summed E-state index contributed by atoms with van der Waals surface area (Å²) < 4.78 is 0. The molecule has 0 saturated heterocycles. The molecular weight excluding hydrogens is 448 g/mol. The average molecular weight is 471 g/mol. The molecule has 0 fully saturated rings. The molecule has 3 amide bonds. The van der Waals surface area contributed by atoms with Gasteiger partial charge < -0.3 is 10.6 Å². The summed E-state index contributed by atoms with van der Waals surface area (Å²) in [6, 6.07) is 25.9. The van der Waals surface area contributed by atoms with Gasteiger partial charge in [-0.05, 0) is 42.0 Å². The van der Waals surface area contributed by atoms with Crippen molar-refractivity contribution in [2.75, 3.05) is 16.1 Å². The van der Waals surface area contributed by atoms with Crippen molar-refractivity contribution in [2.45, 2.75) is 11.3 Å². The second-order valence-corrected chi connectivity index (χ2v) is 8.41. The Hall–Kier alpha value is -4.17. The molecule has 0 bridgehead atoms. The normalized spacial score (nSPS) is 13.1. The van der Waals surface area contributed by atoms with Gasteiger partial charge in [-0.3, -0.25) is 14.4 Å². The number of benzene rings is 3. The molecule has 2 N–H and O–H groups in total. The number of hydrazone groups is 1. The second kappa shape index (κ2) is 11.1. The highest BCUT2D eigenvalue weighted by Crippen LogP contribution is 2.22. The third-order valence-electron chi connectivity index (χ3n) is 4.76. The molecule has 0 aliphatic carbocycles. The zero-order valence-electron chi connectivity index (χ0n) is 18.2. The minimum atomic E-state index is -0.258. The predicted molar refractivity (Wildman–Crippen MR) is 135 cm³/mol. The van der Waals surface area contributed by atoms with E-state index in [9.17, 15) is 14.4 Å². The van der Waals surface area contributed by atoms with Crippen molar-refractivity contribution < 1.29 is 14.4 Å². The average Bonchev–Trinajstić information content (AvgIpc) is 3.22. The summed E-state index contributed by atoms with van der Waals surface area (Å²) in [5.74, 6) is -0.226. The Kier molecular flexibility index (Phi) is 7.52. The molecule has 0 radical (unpaired) electrons. The van der Waals surface area contributed by atoms with Gasteiger partial charge >= 0.3 is 0 Å². The van der Waals surface area contributed by atoms with Crippen LogP contribution in [0.5, 0.6) is 0 Å². The maximum absolute atomic E-state index is 12.4. The standard InChI is InChI=1S/C26H22N4O3S/c31-24(15-14-19-8-3-1-4-9-19)27-20-10-7-13-22(16-20)34-18-25(32)28-23-17-26(33)30(29-23)21-11-5-2-6-12-21/h1-16H,17-18H2,(H,27,31)(H,28,29,32)/b15-14+. The summed E-state index contributed by atoms with van der Waals surface area (Å²) >= 11 is 1.33. The van der Waals surface area contributed by atoms with Crippen molar-refractivity contribution in [3.63, 3.8) is 0 Å². The zero-order valence-corrected chi connectivity index (χ0v) is 19.0. The molecular formula is C26H22N4O3S. The molecule has 1 aliphatic heterocycles. The van der Waals surface area contributed by atoms with Gasteiger partial charge in [0.25, 0.3) is 5.91 Å². The Morgan fingerprint density at radius 1 is 0.941 bits per heavy atom. The molecule has 34 heavy (non-hydrogen) atoms. The van der Waals surface area contributed by atoms with Crippen LogP contribution >= 0.6 is 11.8 Å². The molecule has 0 spiro atoms. The number of nitrogens with zero attached hydrogens (tertiary/aromatic N) is 2. The van der Waals surface area contributed by atoms with E-state index in [0.29, 0.717) is 17.2 Å². The second-order valence-electron chi connectivity index (χ2n) is 7.36. The highest BCUT2D eigenvalue weighted by atomic mass is 32.2. The third-order valence-corrected chi connectivity index (χ3v) is 5.75. The fourth-order valence-electron chi connectivity index (χ4n) is 3.20. The van der Waals surface area contributed by atoms with E-state index in [2.05, 4.69) is 15.7 Å². The lowest BCUT2D eigenvalue weighted by molar-refractivity contribution is -0.117. The van der Waals surface area contributed by atoms with Crippen LogP contribution in [0.3, 0.4) is 0 Å². The zero-order chi connectivity index (χ0) is 23.8. The largest absolute Gasteiger partial charge is 0.322 e. The van der Waals surface area contributed by atoms with Gasteiger partial charge in [0.15, 0.2) is 0 Å². The number of carbonyl (C=O) groups excluding carboxylic acids is 3. The maximum atomic E-state index is 12.4. The van der Waals surface area contributed by atoms with Gasteiger partial charge in [0.1, 0.15) is 5.84 Å². The van der Waals surface area contributed by atoms with Crippen LogP contribution < -0.4 is 15.6 Å². The molecule has 3 aromatic carbocycles. The van der Waals surface area contributed by atoms with Gasteiger partial charge in [-0.25, -0.2) is 0 Å². The SMILES string of the molecule is O=C(/C=C/c1ccccc1)Nc1cccc(SCC(=O)NC2=NN(c3ccccc3)C(=O)C2)c1. The lowest BCUT2D eigenvalue weighted by Gasteiger charge is -2.10. The summed E-state index contributed by atoms with van der Waals surface area (Å²) in [5.41, 5.74) is 2.23. The number of carbonyl (C=O) groups is 3. The summed E-state index contributed by atoms with van der Waals surface area (Å²) in [7, 11) is 0. The Morgan fingerprint density at radius 2 is 1.68 bits per heavy atom. The number of rotatable bonds is 7. The molecule has 0 unspecified atom stereocenters. The van der Waals surface area contributed by atoms with Crippen molar-refractivity contribution in [2.24, 2.45) is 5.10 Å². The number of para-hydroxylation sites is 1. The van der Waals surface area contributed by atoms with Crippen molar-refractivity contribution in [1.82, 2.24) is 5.32 Å². The Morgan fingerprint density at radius 3 is 2.44 bits per heavy atom. The van der Waals surface area contributed by atoms with E-state index in [1.54, 1.807) is 30.3 Å². The van der Waals surface area contributed by atoms with E-state index < -0.39 is 0 Å². The summed E-state index contributed by atoms with van der Waals surface area (Å²) in [4.78, 5) is 37.6. The van der Waals surface area contributed by atoms with Gasteiger partial charge in [-0.2, -0.15) is 10.1 Å². The number of nitrogens with one attached hydrogen (secondary N) is 2. The molecule has 3 aromatic rings. The van der Waals surface area contributed by atoms with Gasteiger partial charge in [0, 0.05) is 16.7 Å². The minimum Gasteiger partial charge on any atom is -0.322 e. The Bertz CT molecular complexity index is 1240. The number of hydrogen-bond acceptors (Lipinski definition) is 5. The van der Waals surface area contributed by atoms with E-state index in [-0.39, 0.29) is 29.9 Å². The number of amides is 3. The third kappa shape index (κ3) is 6.43.